The molecule has 1 fully saturated rings. The fourth-order valence-corrected chi connectivity index (χ4v) is 3.38. The number of benzene rings is 1. The number of carbonyl (C=O) groups is 1. The molecule has 4 nitrogen and oxygen atoms in total. The first-order chi connectivity index (χ1) is 9.09. The van der Waals surface area contributed by atoms with Crippen molar-refractivity contribution in [2.24, 2.45) is 5.73 Å². The number of rotatable bonds is 4. The molecule has 0 bridgehead atoms. The van der Waals surface area contributed by atoms with E-state index in [9.17, 15) is 9.90 Å². The van der Waals surface area contributed by atoms with Crippen LogP contribution in [0.2, 0.25) is 0 Å². The zero-order chi connectivity index (χ0) is 13.8. The van der Waals surface area contributed by atoms with Crippen LogP contribution in [0.4, 0.5) is 0 Å². The van der Waals surface area contributed by atoms with Gasteiger partial charge in [-0.15, -0.1) is 11.8 Å². The maximum atomic E-state index is 12.2. The lowest BCUT2D eigenvalue weighted by Gasteiger charge is -2.26. The average molecular weight is 280 g/mol. The Morgan fingerprint density at radius 3 is 2.79 bits per heavy atom. The molecule has 1 heterocycles. The number of carbonyl (C=O) groups excluding carboxylic acids is 1. The van der Waals surface area contributed by atoms with Crippen LogP contribution in [-0.2, 0) is 11.2 Å². The molecule has 1 aromatic carbocycles. The predicted molar refractivity (Wildman–Crippen MR) is 77.8 cm³/mol. The van der Waals surface area contributed by atoms with Crippen LogP contribution < -0.4 is 5.73 Å². The SMILES string of the molecule is C[C@@H]1CSCN1C(=O)[C@@H](O)[C@@H](N)Cc1ccccc1. The molecule has 5 heteroatoms. The maximum absolute atomic E-state index is 12.2. The minimum absolute atomic E-state index is 0.177. The monoisotopic (exact) mass is 280 g/mol. The number of nitrogens with two attached hydrogens (primary N) is 1. The number of thioether (sulfide) groups is 1. The normalized spacial score (nSPS) is 22.3. The molecule has 3 atom stereocenters. The molecular weight excluding hydrogens is 260 g/mol. The van der Waals surface area contributed by atoms with E-state index in [4.69, 9.17) is 5.73 Å². The van der Waals surface area contributed by atoms with E-state index >= 15 is 0 Å². The highest BCUT2D eigenvalue weighted by Crippen LogP contribution is 2.21. The summed E-state index contributed by atoms with van der Waals surface area (Å²) in [6.07, 6.45) is -0.621. The molecule has 3 N–H and O–H groups in total. The highest BCUT2D eigenvalue weighted by atomic mass is 32.2. The summed E-state index contributed by atoms with van der Waals surface area (Å²) in [6.45, 7) is 1.99. The van der Waals surface area contributed by atoms with Gasteiger partial charge >= 0.3 is 0 Å². The quantitative estimate of drug-likeness (QED) is 0.857. The first-order valence-corrected chi connectivity index (χ1v) is 7.61. The molecule has 19 heavy (non-hydrogen) atoms. The molecule has 1 aliphatic rings. The van der Waals surface area contributed by atoms with E-state index in [-0.39, 0.29) is 11.9 Å². The van der Waals surface area contributed by atoms with Crippen molar-refractivity contribution in [1.82, 2.24) is 4.90 Å². The number of aliphatic hydroxyl groups is 1. The van der Waals surface area contributed by atoms with Gasteiger partial charge in [0.05, 0.1) is 5.88 Å². The zero-order valence-corrected chi connectivity index (χ0v) is 11.8. The maximum Gasteiger partial charge on any atom is 0.253 e. The third-order valence-corrected chi connectivity index (χ3v) is 4.56. The van der Waals surface area contributed by atoms with Crippen molar-refractivity contribution in [3.63, 3.8) is 0 Å². The average Bonchev–Trinajstić information content (AvgIpc) is 2.84. The molecule has 0 unspecified atom stereocenters. The second-order valence-electron chi connectivity index (χ2n) is 4.96. The van der Waals surface area contributed by atoms with Crippen molar-refractivity contribution < 1.29 is 9.90 Å². The summed E-state index contributed by atoms with van der Waals surface area (Å²) in [5.74, 6) is 1.32. The second-order valence-corrected chi connectivity index (χ2v) is 5.96. The van der Waals surface area contributed by atoms with Gasteiger partial charge in [0.25, 0.3) is 5.91 Å². The lowest BCUT2D eigenvalue weighted by Crippen LogP contribution is -2.50. The van der Waals surface area contributed by atoms with Gasteiger partial charge in [-0.1, -0.05) is 30.3 Å². The van der Waals surface area contributed by atoms with E-state index < -0.39 is 12.1 Å². The van der Waals surface area contributed by atoms with Gasteiger partial charge in [0, 0.05) is 17.8 Å². The van der Waals surface area contributed by atoms with Crippen molar-refractivity contribution in [3.8, 4) is 0 Å². The Kier molecular flexibility index (Phi) is 4.85. The zero-order valence-electron chi connectivity index (χ0n) is 11.0. The summed E-state index contributed by atoms with van der Waals surface area (Å²) in [4.78, 5) is 13.9. The highest BCUT2D eigenvalue weighted by molar-refractivity contribution is 7.99. The van der Waals surface area contributed by atoms with Crippen molar-refractivity contribution >= 4 is 17.7 Å². The smallest absolute Gasteiger partial charge is 0.253 e. The number of amides is 1. The Morgan fingerprint density at radius 1 is 1.53 bits per heavy atom. The van der Waals surface area contributed by atoms with E-state index in [2.05, 4.69) is 0 Å². The lowest BCUT2D eigenvalue weighted by atomic mass is 10.0. The van der Waals surface area contributed by atoms with Crippen LogP contribution in [0, 0.1) is 0 Å². The molecule has 1 amide bonds. The highest BCUT2D eigenvalue weighted by Gasteiger charge is 2.33. The Balaban J connectivity index is 1.95. The van der Waals surface area contributed by atoms with Gasteiger partial charge < -0.3 is 15.7 Å². The molecule has 0 spiro atoms. The van der Waals surface area contributed by atoms with E-state index in [1.807, 2.05) is 37.3 Å². The van der Waals surface area contributed by atoms with Gasteiger partial charge in [0.15, 0.2) is 0 Å². The van der Waals surface area contributed by atoms with E-state index in [0.29, 0.717) is 12.3 Å². The van der Waals surface area contributed by atoms with Gasteiger partial charge in [-0.2, -0.15) is 0 Å². The summed E-state index contributed by atoms with van der Waals surface area (Å²) in [5, 5.41) is 10.1. The molecule has 104 valence electrons. The van der Waals surface area contributed by atoms with Gasteiger partial charge in [0.2, 0.25) is 0 Å². The Morgan fingerprint density at radius 2 is 2.21 bits per heavy atom. The number of hydrogen-bond donors (Lipinski definition) is 2. The standard InChI is InChI=1S/C14H20N2O2S/c1-10-8-19-9-16(10)14(18)13(17)12(15)7-11-5-3-2-4-6-11/h2-6,10,12-13,17H,7-9,15H2,1H3/t10-,12+,13+/m1/s1. The largest absolute Gasteiger partial charge is 0.382 e. The molecule has 2 rings (SSSR count). The second kappa shape index (κ2) is 6.41. The summed E-state index contributed by atoms with van der Waals surface area (Å²) in [5.41, 5.74) is 6.99. The van der Waals surface area contributed by atoms with Crippen LogP contribution >= 0.6 is 11.8 Å². The summed E-state index contributed by atoms with van der Waals surface area (Å²) >= 11 is 1.70. The van der Waals surface area contributed by atoms with E-state index in [0.717, 1.165) is 11.3 Å². The van der Waals surface area contributed by atoms with Crippen LogP contribution in [0.1, 0.15) is 12.5 Å². The fraction of sp³-hybridized carbons (Fsp3) is 0.500. The molecular formula is C14H20N2O2S. The Bertz CT molecular complexity index is 427. The van der Waals surface area contributed by atoms with E-state index in [1.165, 1.54) is 0 Å². The first kappa shape index (κ1) is 14.4. The molecule has 1 aliphatic heterocycles. The minimum atomic E-state index is -1.12. The molecule has 1 saturated heterocycles. The van der Waals surface area contributed by atoms with E-state index in [1.54, 1.807) is 16.7 Å². The van der Waals surface area contributed by atoms with Gasteiger partial charge in [0.1, 0.15) is 6.10 Å². The Hall–Kier alpha value is -1.04. The summed E-state index contributed by atoms with van der Waals surface area (Å²) in [7, 11) is 0. The van der Waals surface area contributed by atoms with Gasteiger partial charge in [-0.25, -0.2) is 0 Å². The van der Waals surface area contributed by atoms with Crippen molar-refractivity contribution in [2.75, 3.05) is 11.6 Å². The summed E-state index contributed by atoms with van der Waals surface area (Å²) in [6, 6.07) is 9.30. The third-order valence-electron chi connectivity index (χ3n) is 3.38. The fourth-order valence-electron chi connectivity index (χ4n) is 2.17. The third kappa shape index (κ3) is 3.49. The molecule has 1 aromatic rings. The van der Waals surface area contributed by atoms with Crippen LogP contribution in [0.3, 0.4) is 0 Å². The van der Waals surface area contributed by atoms with Crippen molar-refractivity contribution in [3.05, 3.63) is 35.9 Å². The topological polar surface area (TPSA) is 66.6 Å². The van der Waals surface area contributed by atoms with Crippen molar-refractivity contribution in [1.29, 1.82) is 0 Å². The van der Waals surface area contributed by atoms with Crippen LogP contribution in [0.5, 0.6) is 0 Å². The van der Waals surface area contributed by atoms with Gasteiger partial charge in [-0.3, -0.25) is 4.79 Å². The molecule has 0 aliphatic carbocycles. The Labute approximate surface area is 118 Å². The summed E-state index contributed by atoms with van der Waals surface area (Å²) < 4.78 is 0. The number of nitrogens with zero attached hydrogens (tertiary/aromatic N) is 1. The molecule has 0 radical (unpaired) electrons. The number of hydrogen-bond acceptors (Lipinski definition) is 4. The van der Waals surface area contributed by atoms with Gasteiger partial charge in [-0.05, 0) is 18.9 Å². The molecule has 0 aromatic heterocycles. The van der Waals surface area contributed by atoms with Crippen LogP contribution in [0.15, 0.2) is 30.3 Å². The number of aliphatic hydroxyl groups excluding tert-OH is 1. The predicted octanol–water partition coefficient (Wildman–Crippen LogP) is 0.839. The first-order valence-electron chi connectivity index (χ1n) is 6.45. The lowest BCUT2D eigenvalue weighted by molar-refractivity contribution is -0.141. The van der Waals surface area contributed by atoms with Crippen molar-refractivity contribution in [2.45, 2.75) is 31.5 Å². The van der Waals surface area contributed by atoms with Crippen LogP contribution in [-0.4, -0.2) is 45.7 Å². The van der Waals surface area contributed by atoms with Crippen LogP contribution in [0.25, 0.3) is 0 Å². The molecule has 0 saturated carbocycles. The minimum Gasteiger partial charge on any atom is -0.382 e.